The maximum Gasteiger partial charge on any atom is 0.268 e. The molecule has 14 heavy (non-hydrogen) atoms. The highest BCUT2D eigenvalue weighted by molar-refractivity contribution is 8.67. The first-order valence-electron chi connectivity index (χ1n) is 3.27. The molecule has 0 saturated carbocycles. The average molecular weight is 266 g/mol. The Morgan fingerprint density at radius 1 is 1.07 bits per heavy atom. The first kappa shape index (κ1) is 13.8. The summed E-state index contributed by atoms with van der Waals surface area (Å²) in [6, 6.07) is 0. The first-order valence-corrected chi connectivity index (χ1v) is 8.83. The summed E-state index contributed by atoms with van der Waals surface area (Å²) in [6.07, 6.45) is 0.457. The number of hydrogen-bond donors (Lipinski definition) is 1. The summed E-state index contributed by atoms with van der Waals surface area (Å²) in [6.45, 7) is 0.901. The van der Waals surface area contributed by atoms with Crippen molar-refractivity contribution >= 4 is 27.9 Å². The van der Waals surface area contributed by atoms with Crippen LogP contribution in [0.3, 0.4) is 0 Å². The van der Waals surface area contributed by atoms with Gasteiger partial charge in [0.2, 0.25) is 0 Å². The Bertz CT molecular complexity index is 493. The topological polar surface area (TPSA) is 123 Å². The molecule has 0 aromatic carbocycles. The fourth-order valence-corrected chi connectivity index (χ4v) is 4.16. The predicted molar refractivity (Wildman–Crippen MR) is 49.6 cm³/mol. The van der Waals surface area contributed by atoms with Crippen molar-refractivity contribution in [2.75, 3.05) is 12.0 Å². The highest BCUT2D eigenvalue weighted by Crippen LogP contribution is 2.07. The molecule has 86 valence electrons. The van der Waals surface area contributed by atoms with Gasteiger partial charge in [0.1, 0.15) is 0 Å². The second-order valence-corrected chi connectivity index (χ2v) is 10.8. The van der Waals surface area contributed by atoms with Crippen molar-refractivity contribution in [3.05, 3.63) is 0 Å². The second kappa shape index (κ2) is 3.76. The Labute approximate surface area is 82.1 Å². The van der Waals surface area contributed by atoms with E-state index in [0.717, 1.165) is 6.92 Å². The standard InChI is InChI=1S/C4H10O7S3/c1-4(14(9,10)11)3-13(7,8)12(2,5)6/h4H,3H2,1-2H3,(H,9,10,11). The second-order valence-electron chi connectivity index (χ2n) is 2.75. The molecule has 10 heteroatoms. The van der Waals surface area contributed by atoms with Crippen molar-refractivity contribution in [3.63, 3.8) is 0 Å². The molecule has 0 amide bonds. The van der Waals surface area contributed by atoms with Gasteiger partial charge in [0, 0.05) is 0 Å². The zero-order valence-corrected chi connectivity index (χ0v) is 9.86. The van der Waals surface area contributed by atoms with Gasteiger partial charge in [0.05, 0.1) is 17.3 Å². The predicted octanol–water partition coefficient (Wildman–Crippen LogP) is -1.36. The Morgan fingerprint density at radius 3 is 1.64 bits per heavy atom. The van der Waals surface area contributed by atoms with Crippen LogP contribution < -0.4 is 0 Å². The molecule has 0 aliphatic rings. The summed E-state index contributed by atoms with van der Waals surface area (Å²) >= 11 is 0. The van der Waals surface area contributed by atoms with Crippen molar-refractivity contribution in [2.45, 2.75) is 12.2 Å². The van der Waals surface area contributed by atoms with Gasteiger partial charge in [0.25, 0.3) is 27.9 Å². The van der Waals surface area contributed by atoms with E-state index in [0.29, 0.717) is 6.26 Å². The lowest BCUT2D eigenvalue weighted by Gasteiger charge is -2.06. The van der Waals surface area contributed by atoms with Gasteiger partial charge >= 0.3 is 0 Å². The Morgan fingerprint density at radius 2 is 1.43 bits per heavy atom. The van der Waals surface area contributed by atoms with Crippen LogP contribution >= 0.6 is 0 Å². The van der Waals surface area contributed by atoms with E-state index >= 15 is 0 Å². The van der Waals surface area contributed by atoms with E-state index in [2.05, 4.69) is 0 Å². The molecule has 0 rings (SSSR count). The van der Waals surface area contributed by atoms with E-state index in [1.165, 1.54) is 0 Å². The quantitative estimate of drug-likeness (QED) is 0.492. The van der Waals surface area contributed by atoms with Gasteiger partial charge in [-0.2, -0.15) is 8.42 Å². The van der Waals surface area contributed by atoms with Gasteiger partial charge in [-0.3, -0.25) is 4.55 Å². The van der Waals surface area contributed by atoms with Gasteiger partial charge in [-0.1, -0.05) is 0 Å². The molecule has 7 nitrogen and oxygen atoms in total. The molecule has 1 N–H and O–H groups in total. The van der Waals surface area contributed by atoms with Crippen LogP contribution in [0.25, 0.3) is 0 Å². The maximum atomic E-state index is 10.9. The van der Waals surface area contributed by atoms with Crippen molar-refractivity contribution in [1.29, 1.82) is 0 Å². The fraction of sp³-hybridized carbons (Fsp3) is 1.00. The van der Waals surface area contributed by atoms with Crippen LogP contribution in [0.5, 0.6) is 0 Å². The van der Waals surface area contributed by atoms with Crippen molar-refractivity contribution < 1.29 is 29.8 Å². The molecule has 0 aromatic heterocycles. The monoisotopic (exact) mass is 266 g/mol. The third-order valence-electron chi connectivity index (χ3n) is 1.41. The zero-order chi connectivity index (χ0) is 11.8. The van der Waals surface area contributed by atoms with E-state index < -0.39 is 38.9 Å². The Hall–Kier alpha value is -0.190. The molecule has 0 radical (unpaired) electrons. The molecular weight excluding hydrogens is 256 g/mol. The van der Waals surface area contributed by atoms with Crippen LogP contribution in [0.1, 0.15) is 6.92 Å². The van der Waals surface area contributed by atoms with E-state index in [1.54, 1.807) is 0 Å². The number of hydrogen-bond acceptors (Lipinski definition) is 6. The summed E-state index contributed by atoms with van der Waals surface area (Å²) in [4.78, 5) is 0. The van der Waals surface area contributed by atoms with Gasteiger partial charge < -0.3 is 0 Å². The third-order valence-corrected chi connectivity index (χ3v) is 7.81. The van der Waals surface area contributed by atoms with E-state index in [9.17, 15) is 25.3 Å². The molecule has 0 heterocycles. The molecular formula is C4H10O7S3. The van der Waals surface area contributed by atoms with Crippen molar-refractivity contribution in [1.82, 2.24) is 0 Å². The SMILES string of the molecule is CC(CS(=O)(=O)S(C)(=O)=O)S(=O)(=O)O. The van der Waals surface area contributed by atoms with Crippen LogP contribution in [0.2, 0.25) is 0 Å². The molecule has 1 atom stereocenters. The minimum atomic E-state index is -4.55. The van der Waals surface area contributed by atoms with Gasteiger partial charge in [-0.05, 0) is 6.92 Å². The molecule has 0 spiro atoms. The maximum absolute atomic E-state index is 10.9. The highest BCUT2D eigenvalue weighted by Gasteiger charge is 2.31. The van der Waals surface area contributed by atoms with Crippen LogP contribution in [0, 0.1) is 0 Å². The Balaban J connectivity index is 5.11. The normalized spacial score (nSPS) is 16.5. The van der Waals surface area contributed by atoms with E-state index in [4.69, 9.17) is 4.55 Å². The minimum absolute atomic E-state index is 0.457. The number of rotatable bonds is 4. The van der Waals surface area contributed by atoms with E-state index in [-0.39, 0.29) is 0 Å². The fourth-order valence-electron chi connectivity index (χ4n) is 0.497. The van der Waals surface area contributed by atoms with Gasteiger partial charge in [-0.25, -0.2) is 16.8 Å². The highest BCUT2D eigenvalue weighted by atomic mass is 33.2. The minimum Gasteiger partial charge on any atom is -0.285 e. The first-order chi connectivity index (χ1) is 5.88. The molecule has 1 unspecified atom stereocenters. The Kier molecular flexibility index (Phi) is 3.71. The molecule has 0 fully saturated rings. The van der Waals surface area contributed by atoms with Crippen molar-refractivity contribution in [2.24, 2.45) is 0 Å². The van der Waals surface area contributed by atoms with Crippen LogP contribution in [0.15, 0.2) is 0 Å². The van der Waals surface area contributed by atoms with E-state index in [1.807, 2.05) is 0 Å². The molecule has 0 bridgehead atoms. The molecule has 0 aliphatic carbocycles. The summed E-state index contributed by atoms with van der Waals surface area (Å²) in [5.41, 5.74) is 0. The lowest BCUT2D eigenvalue weighted by Crippen LogP contribution is -2.29. The molecule has 0 aromatic rings. The van der Waals surface area contributed by atoms with Crippen molar-refractivity contribution in [3.8, 4) is 0 Å². The molecule has 0 aliphatic heterocycles. The molecule has 0 saturated heterocycles. The zero-order valence-electron chi connectivity index (χ0n) is 7.41. The van der Waals surface area contributed by atoms with Crippen LogP contribution in [0.4, 0.5) is 0 Å². The summed E-state index contributed by atoms with van der Waals surface area (Å²) in [5, 5.41) is -1.66. The summed E-state index contributed by atoms with van der Waals surface area (Å²) in [5.74, 6) is -1.15. The average Bonchev–Trinajstić information content (AvgIpc) is 1.80. The van der Waals surface area contributed by atoms with Gasteiger partial charge in [-0.15, -0.1) is 0 Å². The lowest BCUT2D eigenvalue weighted by molar-refractivity contribution is 0.473. The van der Waals surface area contributed by atoms with Gasteiger partial charge in [0.15, 0.2) is 0 Å². The van der Waals surface area contributed by atoms with Crippen LogP contribution in [-0.4, -0.2) is 47.1 Å². The largest absolute Gasteiger partial charge is 0.285 e. The smallest absolute Gasteiger partial charge is 0.268 e. The summed E-state index contributed by atoms with van der Waals surface area (Å²) < 4.78 is 72.5. The lowest BCUT2D eigenvalue weighted by atomic mass is 10.6. The van der Waals surface area contributed by atoms with Crippen LogP contribution in [-0.2, 0) is 27.9 Å². The summed E-state index contributed by atoms with van der Waals surface area (Å²) in [7, 11) is -13.4. The third kappa shape index (κ3) is 3.52.